The van der Waals surface area contributed by atoms with Crippen LogP contribution in [0.25, 0.3) is 5.69 Å². The van der Waals surface area contributed by atoms with Gasteiger partial charge >= 0.3 is 6.01 Å². The summed E-state index contributed by atoms with van der Waals surface area (Å²) in [5, 5.41) is 0. The molecule has 0 aliphatic carbocycles. The van der Waals surface area contributed by atoms with Crippen molar-refractivity contribution in [3.05, 3.63) is 23.5 Å². The van der Waals surface area contributed by atoms with Crippen LogP contribution in [-0.4, -0.2) is 41.8 Å². The van der Waals surface area contributed by atoms with E-state index in [1.807, 2.05) is 13.8 Å². The van der Waals surface area contributed by atoms with Crippen molar-refractivity contribution in [3.8, 4) is 23.5 Å². The van der Waals surface area contributed by atoms with Crippen molar-refractivity contribution in [2.45, 2.75) is 19.8 Å². The van der Waals surface area contributed by atoms with E-state index in [-0.39, 0.29) is 23.7 Å². The van der Waals surface area contributed by atoms with Crippen molar-refractivity contribution >= 4 is 5.91 Å². The highest BCUT2D eigenvalue weighted by Gasteiger charge is 2.23. The van der Waals surface area contributed by atoms with E-state index in [0.717, 1.165) is 5.69 Å². The number of hydrogen-bond donors (Lipinski definition) is 1. The van der Waals surface area contributed by atoms with Gasteiger partial charge in [0.1, 0.15) is 0 Å². The Morgan fingerprint density at radius 2 is 1.70 bits per heavy atom. The summed E-state index contributed by atoms with van der Waals surface area (Å²) in [5.74, 6) is 0.141. The summed E-state index contributed by atoms with van der Waals surface area (Å²) in [5.41, 5.74) is 7.11. The number of amides is 1. The minimum atomic E-state index is -0.516. The predicted molar refractivity (Wildman–Crippen MR) is 83.6 cm³/mol. The molecule has 2 aromatic rings. The summed E-state index contributed by atoms with van der Waals surface area (Å²) in [6.07, 6.45) is 1.62. The molecule has 0 radical (unpaired) electrons. The van der Waals surface area contributed by atoms with Gasteiger partial charge in [0.05, 0.1) is 26.9 Å². The van der Waals surface area contributed by atoms with E-state index in [4.69, 9.17) is 19.9 Å². The molecule has 0 unspecified atom stereocenters. The number of methoxy groups -OCH3 is 3. The molecule has 2 rings (SSSR count). The van der Waals surface area contributed by atoms with Crippen molar-refractivity contribution in [1.29, 1.82) is 0 Å². The highest BCUT2D eigenvalue weighted by Crippen LogP contribution is 2.34. The van der Waals surface area contributed by atoms with Gasteiger partial charge in [0.2, 0.25) is 17.7 Å². The second-order valence-electron chi connectivity index (χ2n) is 5.12. The molecular weight excluding hydrogens is 300 g/mol. The number of carbonyl (C=O) groups excluding carboxylic acids is 1. The van der Waals surface area contributed by atoms with Crippen molar-refractivity contribution in [2.24, 2.45) is 5.73 Å². The third-order valence-corrected chi connectivity index (χ3v) is 3.34. The van der Waals surface area contributed by atoms with E-state index in [2.05, 4.69) is 9.97 Å². The predicted octanol–water partition coefficient (Wildman–Crippen LogP) is 1.52. The molecule has 0 fully saturated rings. The Morgan fingerprint density at radius 1 is 1.13 bits per heavy atom. The number of nitrogens with two attached hydrogens (primary N) is 1. The van der Waals surface area contributed by atoms with E-state index >= 15 is 0 Å². The van der Waals surface area contributed by atoms with Crippen LogP contribution in [0.3, 0.4) is 0 Å². The van der Waals surface area contributed by atoms with Gasteiger partial charge in [-0.2, -0.15) is 9.97 Å². The van der Waals surface area contributed by atoms with E-state index in [1.54, 1.807) is 16.8 Å². The van der Waals surface area contributed by atoms with Gasteiger partial charge in [0, 0.05) is 11.9 Å². The van der Waals surface area contributed by atoms with E-state index in [9.17, 15) is 4.79 Å². The molecule has 8 heteroatoms. The standard InChI is InChI=1S/C15H20N4O4/c1-8(2)10-6-9(12(16)20)7-19(10)11-13(21-3)17-15(23-5)18-14(11)22-4/h6-8H,1-5H3,(H2,16,20). The molecule has 0 saturated carbocycles. The van der Waals surface area contributed by atoms with Crippen molar-refractivity contribution in [2.75, 3.05) is 21.3 Å². The molecule has 1 amide bonds. The molecule has 2 heterocycles. The Hall–Kier alpha value is -2.77. The van der Waals surface area contributed by atoms with Gasteiger partial charge in [-0.25, -0.2) is 0 Å². The Labute approximate surface area is 134 Å². The van der Waals surface area contributed by atoms with Crippen LogP contribution in [-0.2, 0) is 0 Å². The Morgan fingerprint density at radius 3 is 2.09 bits per heavy atom. The van der Waals surface area contributed by atoms with Crippen LogP contribution < -0.4 is 19.9 Å². The number of ether oxygens (including phenoxy) is 3. The van der Waals surface area contributed by atoms with Gasteiger partial charge in [-0.15, -0.1) is 0 Å². The maximum absolute atomic E-state index is 11.5. The van der Waals surface area contributed by atoms with Crippen LogP contribution in [0.2, 0.25) is 0 Å². The second-order valence-corrected chi connectivity index (χ2v) is 5.12. The zero-order chi connectivity index (χ0) is 17.1. The fourth-order valence-electron chi connectivity index (χ4n) is 2.23. The molecular formula is C15H20N4O4. The highest BCUT2D eigenvalue weighted by atomic mass is 16.5. The third-order valence-electron chi connectivity index (χ3n) is 3.34. The monoisotopic (exact) mass is 320 g/mol. The van der Waals surface area contributed by atoms with Gasteiger partial charge in [0.25, 0.3) is 0 Å². The first kappa shape index (κ1) is 16.6. The molecule has 0 aliphatic heterocycles. The van der Waals surface area contributed by atoms with Crippen molar-refractivity contribution in [1.82, 2.24) is 14.5 Å². The molecule has 2 N–H and O–H groups in total. The molecule has 0 bridgehead atoms. The average molecular weight is 320 g/mol. The van der Waals surface area contributed by atoms with Gasteiger partial charge in [-0.05, 0) is 12.0 Å². The summed E-state index contributed by atoms with van der Waals surface area (Å²) in [6.45, 7) is 4.00. The Kier molecular flexibility index (Phi) is 4.73. The van der Waals surface area contributed by atoms with Crippen LogP contribution in [0.1, 0.15) is 35.8 Å². The zero-order valence-electron chi connectivity index (χ0n) is 13.8. The minimum absolute atomic E-state index is 0.121. The summed E-state index contributed by atoms with van der Waals surface area (Å²) in [6, 6.07) is 1.85. The normalized spacial score (nSPS) is 10.7. The van der Waals surface area contributed by atoms with Gasteiger partial charge in [-0.3, -0.25) is 4.79 Å². The van der Waals surface area contributed by atoms with Gasteiger partial charge in [-0.1, -0.05) is 13.8 Å². The SMILES string of the molecule is COc1nc(OC)c(-n2cc(C(N)=O)cc2C(C)C)c(OC)n1. The smallest absolute Gasteiger partial charge is 0.322 e. The fourth-order valence-corrected chi connectivity index (χ4v) is 2.23. The van der Waals surface area contributed by atoms with Crippen LogP contribution in [0.15, 0.2) is 12.3 Å². The number of nitrogens with zero attached hydrogens (tertiary/aromatic N) is 3. The highest BCUT2D eigenvalue weighted by molar-refractivity contribution is 5.93. The average Bonchev–Trinajstić information content (AvgIpc) is 2.98. The fraction of sp³-hybridized carbons (Fsp3) is 0.400. The lowest BCUT2D eigenvalue weighted by molar-refractivity contribution is 0.100. The first-order valence-electron chi connectivity index (χ1n) is 6.99. The maximum atomic E-state index is 11.5. The Balaban J connectivity index is 2.77. The molecule has 0 atom stereocenters. The van der Waals surface area contributed by atoms with E-state index in [0.29, 0.717) is 11.3 Å². The quantitative estimate of drug-likeness (QED) is 0.866. The van der Waals surface area contributed by atoms with Crippen molar-refractivity contribution in [3.63, 3.8) is 0 Å². The molecule has 2 aromatic heterocycles. The van der Waals surface area contributed by atoms with Crippen molar-refractivity contribution < 1.29 is 19.0 Å². The first-order valence-corrected chi connectivity index (χ1v) is 6.99. The summed E-state index contributed by atoms with van der Waals surface area (Å²) >= 11 is 0. The summed E-state index contributed by atoms with van der Waals surface area (Å²) in [7, 11) is 4.42. The molecule has 0 saturated heterocycles. The molecule has 0 spiro atoms. The number of carbonyl (C=O) groups is 1. The minimum Gasteiger partial charge on any atom is -0.479 e. The summed E-state index contributed by atoms with van der Waals surface area (Å²) < 4.78 is 17.5. The topological polar surface area (TPSA) is 101 Å². The number of hydrogen-bond acceptors (Lipinski definition) is 6. The number of primary amides is 1. The van der Waals surface area contributed by atoms with Crippen LogP contribution in [0.5, 0.6) is 17.8 Å². The molecule has 124 valence electrons. The molecule has 0 aromatic carbocycles. The van der Waals surface area contributed by atoms with E-state index < -0.39 is 5.91 Å². The Bertz CT molecular complexity index is 699. The summed E-state index contributed by atoms with van der Waals surface area (Å²) in [4.78, 5) is 19.9. The number of rotatable bonds is 6. The lowest BCUT2D eigenvalue weighted by Gasteiger charge is -2.17. The van der Waals surface area contributed by atoms with Crippen LogP contribution >= 0.6 is 0 Å². The molecule has 23 heavy (non-hydrogen) atoms. The van der Waals surface area contributed by atoms with E-state index in [1.165, 1.54) is 21.3 Å². The molecule has 0 aliphatic rings. The largest absolute Gasteiger partial charge is 0.479 e. The number of aromatic nitrogens is 3. The lowest BCUT2D eigenvalue weighted by atomic mass is 10.1. The van der Waals surface area contributed by atoms with Gasteiger partial charge in [0.15, 0.2) is 5.69 Å². The second kappa shape index (κ2) is 6.55. The van der Waals surface area contributed by atoms with Gasteiger partial charge < -0.3 is 24.5 Å². The lowest BCUT2D eigenvalue weighted by Crippen LogP contribution is -2.10. The first-order chi connectivity index (χ1) is 10.9. The zero-order valence-corrected chi connectivity index (χ0v) is 13.8. The maximum Gasteiger partial charge on any atom is 0.322 e. The molecule has 8 nitrogen and oxygen atoms in total. The van der Waals surface area contributed by atoms with Crippen LogP contribution in [0.4, 0.5) is 0 Å². The third kappa shape index (κ3) is 3.05. The van der Waals surface area contributed by atoms with Crippen LogP contribution in [0, 0.1) is 0 Å².